The van der Waals surface area contributed by atoms with Crippen LogP contribution in [0, 0.1) is 5.82 Å². The van der Waals surface area contributed by atoms with E-state index in [-0.39, 0.29) is 11.1 Å². The topological polar surface area (TPSA) is 57.9 Å². The van der Waals surface area contributed by atoms with Crippen molar-refractivity contribution in [3.63, 3.8) is 0 Å². The van der Waals surface area contributed by atoms with Gasteiger partial charge in [0.05, 0.1) is 15.7 Å². The van der Waals surface area contributed by atoms with Gasteiger partial charge in [0.25, 0.3) is 0 Å². The minimum absolute atomic E-state index is 0.00788. The number of aromatic amines is 1. The van der Waals surface area contributed by atoms with Crippen molar-refractivity contribution in [1.82, 2.24) is 10.2 Å². The van der Waals surface area contributed by atoms with Gasteiger partial charge in [-0.25, -0.2) is 4.39 Å². The van der Waals surface area contributed by atoms with Crippen molar-refractivity contribution in [3.05, 3.63) is 34.1 Å². The summed E-state index contributed by atoms with van der Waals surface area (Å²) in [7, 11) is 0. The lowest BCUT2D eigenvalue weighted by Crippen LogP contribution is -2.39. The normalized spacial score (nSPS) is 16.5. The molecule has 0 bridgehead atoms. The van der Waals surface area contributed by atoms with Crippen LogP contribution in [0.4, 0.5) is 10.2 Å². The summed E-state index contributed by atoms with van der Waals surface area (Å²) in [5.74, 6) is 0.319. The van der Waals surface area contributed by atoms with Crippen molar-refractivity contribution in [2.75, 3.05) is 18.0 Å². The predicted molar refractivity (Wildman–Crippen MR) is 83.4 cm³/mol. The van der Waals surface area contributed by atoms with E-state index in [1.165, 1.54) is 12.1 Å². The Kier molecular flexibility index (Phi) is 4.06. The SMILES string of the molecule is NC1CCN(c2cc(-c3cc(F)c(Cl)cc3Cl)[nH]n2)CC1. The Morgan fingerprint density at radius 3 is 2.62 bits per heavy atom. The highest BCUT2D eigenvalue weighted by molar-refractivity contribution is 6.36. The molecule has 2 aromatic rings. The number of nitrogens with two attached hydrogens (primary N) is 1. The van der Waals surface area contributed by atoms with E-state index in [1.54, 1.807) is 0 Å². The predicted octanol–water partition coefficient (Wildman–Crippen LogP) is 3.45. The summed E-state index contributed by atoms with van der Waals surface area (Å²) < 4.78 is 13.6. The lowest BCUT2D eigenvalue weighted by molar-refractivity contribution is 0.498. The van der Waals surface area contributed by atoms with Gasteiger partial charge in [0, 0.05) is 30.8 Å². The minimum atomic E-state index is -0.504. The minimum Gasteiger partial charge on any atom is -0.355 e. The van der Waals surface area contributed by atoms with Crippen LogP contribution in [0.1, 0.15) is 12.8 Å². The molecule has 0 aliphatic carbocycles. The van der Waals surface area contributed by atoms with Gasteiger partial charge >= 0.3 is 0 Å². The van der Waals surface area contributed by atoms with E-state index in [4.69, 9.17) is 28.9 Å². The number of hydrogen-bond acceptors (Lipinski definition) is 3. The fraction of sp³-hybridized carbons (Fsp3) is 0.357. The van der Waals surface area contributed by atoms with Crippen molar-refractivity contribution in [2.45, 2.75) is 18.9 Å². The highest BCUT2D eigenvalue weighted by Crippen LogP contribution is 2.33. The Morgan fingerprint density at radius 2 is 1.90 bits per heavy atom. The van der Waals surface area contributed by atoms with E-state index in [2.05, 4.69) is 15.1 Å². The molecule has 0 unspecified atom stereocenters. The van der Waals surface area contributed by atoms with Crippen LogP contribution in [0.15, 0.2) is 18.2 Å². The summed E-state index contributed by atoms with van der Waals surface area (Å²) in [5, 5.41) is 7.58. The number of benzene rings is 1. The van der Waals surface area contributed by atoms with Crippen LogP contribution < -0.4 is 10.6 Å². The molecule has 3 rings (SSSR count). The number of hydrogen-bond donors (Lipinski definition) is 2. The monoisotopic (exact) mass is 328 g/mol. The summed E-state index contributed by atoms with van der Waals surface area (Å²) in [6.07, 6.45) is 1.89. The van der Waals surface area contributed by atoms with E-state index in [0.29, 0.717) is 16.3 Å². The first-order chi connectivity index (χ1) is 10.0. The molecule has 0 saturated carbocycles. The molecular formula is C14H15Cl2FN4. The third-order valence-electron chi connectivity index (χ3n) is 3.73. The summed E-state index contributed by atoms with van der Waals surface area (Å²) in [6.45, 7) is 1.74. The molecule has 1 fully saturated rings. The number of aromatic nitrogens is 2. The number of nitrogens with zero attached hydrogens (tertiary/aromatic N) is 2. The molecule has 0 amide bonds. The van der Waals surface area contributed by atoms with E-state index >= 15 is 0 Å². The van der Waals surface area contributed by atoms with Crippen molar-refractivity contribution >= 4 is 29.0 Å². The Bertz CT molecular complexity index is 650. The van der Waals surface area contributed by atoms with Crippen molar-refractivity contribution in [1.29, 1.82) is 0 Å². The van der Waals surface area contributed by atoms with Gasteiger partial charge in [-0.3, -0.25) is 5.10 Å². The second-order valence-electron chi connectivity index (χ2n) is 5.21. The molecule has 3 N–H and O–H groups in total. The lowest BCUT2D eigenvalue weighted by atomic mass is 10.1. The first-order valence-electron chi connectivity index (χ1n) is 6.75. The van der Waals surface area contributed by atoms with Gasteiger partial charge in [-0.05, 0) is 25.0 Å². The van der Waals surface area contributed by atoms with Crippen molar-refractivity contribution in [3.8, 4) is 11.3 Å². The average molecular weight is 329 g/mol. The Labute approximate surface area is 132 Å². The number of halogens is 3. The van der Waals surface area contributed by atoms with Gasteiger partial charge in [0.2, 0.25) is 0 Å². The molecule has 7 heteroatoms. The number of rotatable bonds is 2. The molecule has 1 saturated heterocycles. The molecule has 1 aromatic heterocycles. The van der Waals surface area contributed by atoms with Gasteiger partial charge in [0.15, 0.2) is 5.82 Å². The van der Waals surface area contributed by atoms with E-state index in [9.17, 15) is 4.39 Å². The van der Waals surface area contributed by atoms with Crippen LogP contribution in [-0.2, 0) is 0 Å². The fourth-order valence-electron chi connectivity index (χ4n) is 2.47. The molecule has 112 valence electrons. The third-order valence-corrected chi connectivity index (χ3v) is 4.33. The first-order valence-corrected chi connectivity index (χ1v) is 7.51. The molecule has 0 radical (unpaired) electrons. The summed E-state index contributed by atoms with van der Waals surface area (Å²) in [5.41, 5.74) is 7.11. The molecule has 1 aliphatic heterocycles. The second-order valence-corrected chi connectivity index (χ2v) is 6.02. The number of piperidine rings is 1. The Morgan fingerprint density at radius 1 is 1.19 bits per heavy atom. The van der Waals surface area contributed by atoms with Crippen LogP contribution in [0.3, 0.4) is 0 Å². The van der Waals surface area contributed by atoms with E-state index < -0.39 is 5.82 Å². The van der Waals surface area contributed by atoms with Gasteiger partial charge in [-0.1, -0.05) is 23.2 Å². The summed E-state index contributed by atoms with van der Waals surface area (Å²) >= 11 is 11.8. The van der Waals surface area contributed by atoms with Crippen molar-refractivity contribution < 1.29 is 4.39 Å². The maximum Gasteiger partial charge on any atom is 0.150 e. The molecule has 2 heterocycles. The van der Waals surface area contributed by atoms with E-state index in [0.717, 1.165) is 31.7 Å². The maximum absolute atomic E-state index is 13.6. The van der Waals surface area contributed by atoms with Crippen molar-refractivity contribution in [2.24, 2.45) is 5.73 Å². The van der Waals surface area contributed by atoms with Gasteiger partial charge in [-0.15, -0.1) is 0 Å². The highest BCUT2D eigenvalue weighted by atomic mass is 35.5. The van der Waals surface area contributed by atoms with Gasteiger partial charge in [0.1, 0.15) is 5.82 Å². The first kappa shape index (κ1) is 14.6. The quantitative estimate of drug-likeness (QED) is 0.830. The molecule has 0 spiro atoms. The lowest BCUT2D eigenvalue weighted by Gasteiger charge is -2.29. The summed E-state index contributed by atoms with van der Waals surface area (Å²) in [4.78, 5) is 2.16. The molecule has 1 aromatic carbocycles. The van der Waals surface area contributed by atoms with E-state index in [1.807, 2.05) is 6.07 Å². The molecule has 21 heavy (non-hydrogen) atoms. The van der Waals surface area contributed by atoms with Gasteiger partial charge < -0.3 is 10.6 Å². The molecule has 0 atom stereocenters. The third kappa shape index (κ3) is 3.00. The average Bonchev–Trinajstić information content (AvgIpc) is 2.93. The largest absolute Gasteiger partial charge is 0.355 e. The maximum atomic E-state index is 13.6. The smallest absolute Gasteiger partial charge is 0.150 e. The Hall–Kier alpha value is -1.30. The number of anilines is 1. The number of nitrogens with one attached hydrogen (secondary N) is 1. The highest BCUT2D eigenvalue weighted by Gasteiger charge is 2.19. The second kappa shape index (κ2) is 5.83. The Balaban J connectivity index is 1.87. The number of H-pyrrole nitrogens is 1. The van der Waals surface area contributed by atoms with Crippen LogP contribution >= 0.6 is 23.2 Å². The summed E-state index contributed by atoms with van der Waals surface area (Å²) in [6, 6.07) is 4.84. The zero-order valence-electron chi connectivity index (χ0n) is 11.2. The molecule has 4 nitrogen and oxygen atoms in total. The molecular weight excluding hydrogens is 314 g/mol. The van der Waals surface area contributed by atoms with Crippen LogP contribution in [0.5, 0.6) is 0 Å². The zero-order valence-corrected chi connectivity index (χ0v) is 12.8. The standard InChI is InChI=1S/C14H15Cl2FN4/c15-10-6-11(16)12(17)5-9(10)13-7-14(20-19-13)21-3-1-8(18)2-4-21/h5-8H,1-4,18H2,(H,19,20). The van der Waals surface area contributed by atoms with Gasteiger partial charge in [-0.2, -0.15) is 5.10 Å². The van der Waals surface area contributed by atoms with Crippen LogP contribution in [0.25, 0.3) is 11.3 Å². The molecule has 1 aliphatic rings. The van der Waals surface area contributed by atoms with Crippen LogP contribution in [0.2, 0.25) is 10.0 Å². The van der Waals surface area contributed by atoms with Crippen LogP contribution in [-0.4, -0.2) is 29.3 Å². The zero-order chi connectivity index (χ0) is 15.0. The fourth-order valence-corrected chi connectivity index (χ4v) is 2.95.